The van der Waals surface area contributed by atoms with Gasteiger partial charge in [0, 0.05) is 51.5 Å². The van der Waals surface area contributed by atoms with Crippen molar-refractivity contribution in [2.45, 2.75) is 50.6 Å². The van der Waals surface area contributed by atoms with Crippen LogP contribution in [0.3, 0.4) is 0 Å². The first-order chi connectivity index (χ1) is 14.2. The van der Waals surface area contributed by atoms with Crippen LogP contribution >= 0.6 is 0 Å². The number of guanidine groups is 1. The van der Waals surface area contributed by atoms with Crippen molar-refractivity contribution in [3.63, 3.8) is 0 Å². The maximum atomic E-state index is 5.66. The fraction of sp³-hybridized carbons (Fsp3) is 0.696. The lowest BCUT2D eigenvalue weighted by molar-refractivity contribution is 0.0355. The van der Waals surface area contributed by atoms with Gasteiger partial charge in [-0.15, -0.1) is 0 Å². The lowest BCUT2D eigenvalue weighted by atomic mass is 9.88. The minimum Gasteiger partial charge on any atom is -0.381 e. The van der Waals surface area contributed by atoms with Crippen molar-refractivity contribution in [3.8, 4) is 0 Å². The Kier molecular flexibility index (Phi) is 8.77. The van der Waals surface area contributed by atoms with Gasteiger partial charge in [-0.2, -0.15) is 0 Å². The van der Waals surface area contributed by atoms with E-state index in [0.29, 0.717) is 6.04 Å². The molecule has 0 saturated carbocycles. The van der Waals surface area contributed by atoms with E-state index in [4.69, 9.17) is 4.74 Å². The number of nitrogens with zero attached hydrogens (tertiary/aromatic N) is 2. The maximum absolute atomic E-state index is 5.66. The Morgan fingerprint density at radius 2 is 1.83 bits per heavy atom. The molecule has 1 unspecified atom stereocenters. The number of aliphatic imine (C=N–C) groups is 1. The van der Waals surface area contributed by atoms with E-state index in [1.165, 1.54) is 37.9 Å². The van der Waals surface area contributed by atoms with Crippen LogP contribution in [0.1, 0.15) is 50.6 Å². The van der Waals surface area contributed by atoms with E-state index in [1.54, 1.807) is 0 Å². The SMILES string of the molecule is CN=C(NCCN1CCCCC1)NCC1(NC(C)c2ccccc2)CCOCC1. The highest BCUT2D eigenvalue weighted by Gasteiger charge is 2.34. The van der Waals surface area contributed by atoms with Crippen molar-refractivity contribution in [3.05, 3.63) is 35.9 Å². The molecule has 0 aromatic heterocycles. The largest absolute Gasteiger partial charge is 0.381 e. The zero-order valence-corrected chi connectivity index (χ0v) is 18.3. The zero-order chi connectivity index (χ0) is 20.4. The molecule has 3 rings (SSSR count). The second kappa shape index (κ2) is 11.5. The molecule has 2 saturated heterocycles. The Morgan fingerprint density at radius 1 is 1.10 bits per heavy atom. The average Bonchev–Trinajstić information content (AvgIpc) is 2.78. The van der Waals surface area contributed by atoms with E-state index < -0.39 is 0 Å². The molecule has 0 radical (unpaired) electrons. The molecule has 2 heterocycles. The topological polar surface area (TPSA) is 60.9 Å². The second-order valence-corrected chi connectivity index (χ2v) is 8.42. The summed E-state index contributed by atoms with van der Waals surface area (Å²) in [4.78, 5) is 6.99. The standard InChI is InChI=1S/C23H39N5O/c1-20(21-9-5-3-6-10-21)27-23(11-17-29-18-12-23)19-26-22(24-2)25-13-16-28-14-7-4-8-15-28/h3,5-6,9-10,20,27H,4,7-8,11-19H2,1-2H3,(H2,24,25,26). The van der Waals surface area contributed by atoms with Gasteiger partial charge in [-0.3, -0.25) is 4.99 Å². The van der Waals surface area contributed by atoms with Crippen molar-refractivity contribution >= 4 is 5.96 Å². The fourth-order valence-electron chi connectivity index (χ4n) is 4.41. The molecule has 1 atom stereocenters. The number of hydrogen-bond acceptors (Lipinski definition) is 4. The van der Waals surface area contributed by atoms with Crippen molar-refractivity contribution < 1.29 is 4.74 Å². The third-order valence-electron chi connectivity index (χ3n) is 6.26. The van der Waals surface area contributed by atoms with Gasteiger partial charge in [-0.1, -0.05) is 36.8 Å². The van der Waals surface area contributed by atoms with Crippen molar-refractivity contribution in [2.75, 3.05) is 53.0 Å². The summed E-state index contributed by atoms with van der Waals surface area (Å²) in [5.41, 5.74) is 1.33. The number of hydrogen-bond donors (Lipinski definition) is 3. The maximum Gasteiger partial charge on any atom is 0.191 e. The molecule has 1 aromatic carbocycles. The van der Waals surface area contributed by atoms with Gasteiger partial charge in [0.05, 0.1) is 0 Å². The van der Waals surface area contributed by atoms with E-state index in [-0.39, 0.29) is 5.54 Å². The third kappa shape index (κ3) is 6.98. The molecule has 1 aromatic rings. The molecule has 0 spiro atoms. The molecule has 0 aliphatic carbocycles. The summed E-state index contributed by atoms with van der Waals surface area (Å²) in [6, 6.07) is 11.0. The monoisotopic (exact) mass is 401 g/mol. The number of rotatable bonds is 8. The van der Waals surface area contributed by atoms with E-state index >= 15 is 0 Å². The molecule has 6 heteroatoms. The highest BCUT2D eigenvalue weighted by atomic mass is 16.5. The molecule has 2 aliphatic rings. The van der Waals surface area contributed by atoms with Crippen LogP contribution in [0.5, 0.6) is 0 Å². The minimum atomic E-state index is 0.0119. The van der Waals surface area contributed by atoms with Crippen LogP contribution in [0.25, 0.3) is 0 Å². The lowest BCUT2D eigenvalue weighted by Gasteiger charge is -2.41. The fourth-order valence-corrected chi connectivity index (χ4v) is 4.41. The third-order valence-corrected chi connectivity index (χ3v) is 6.26. The van der Waals surface area contributed by atoms with Gasteiger partial charge in [-0.25, -0.2) is 0 Å². The molecule has 3 N–H and O–H groups in total. The van der Waals surface area contributed by atoms with Gasteiger partial charge in [0.2, 0.25) is 0 Å². The van der Waals surface area contributed by atoms with Gasteiger partial charge in [0.1, 0.15) is 0 Å². The number of piperidine rings is 1. The summed E-state index contributed by atoms with van der Waals surface area (Å²) < 4.78 is 5.66. The second-order valence-electron chi connectivity index (χ2n) is 8.42. The molecular formula is C23H39N5O. The van der Waals surface area contributed by atoms with E-state index in [2.05, 4.69) is 63.1 Å². The van der Waals surface area contributed by atoms with Crippen molar-refractivity contribution in [1.29, 1.82) is 0 Å². The number of benzene rings is 1. The normalized spacial score (nSPS) is 21.5. The molecule has 2 aliphatic heterocycles. The highest BCUT2D eigenvalue weighted by Crippen LogP contribution is 2.25. The predicted molar refractivity (Wildman–Crippen MR) is 120 cm³/mol. The Bertz CT molecular complexity index is 609. The smallest absolute Gasteiger partial charge is 0.191 e. The zero-order valence-electron chi connectivity index (χ0n) is 18.3. The molecule has 162 valence electrons. The summed E-state index contributed by atoms with van der Waals surface area (Å²) in [5, 5.41) is 11.0. The lowest BCUT2D eigenvalue weighted by Crippen LogP contribution is -2.58. The first kappa shape index (κ1) is 22.1. The Morgan fingerprint density at radius 3 is 2.52 bits per heavy atom. The predicted octanol–water partition coefficient (Wildman–Crippen LogP) is 2.54. The Balaban J connectivity index is 1.50. The number of likely N-dealkylation sites (tertiary alicyclic amines) is 1. The molecular weight excluding hydrogens is 362 g/mol. The van der Waals surface area contributed by atoms with Crippen LogP contribution in [0, 0.1) is 0 Å². The van der Waals surface area contributed by atoms with Crippen LogP contribution in [-0.4, -0.2) is 69.4 Å². The quantitative estimate of drug-likeness (QED) is 0.462. The van der Waals surface area contributed by atoms with E-state index in [1.807, 2.05) is 7.05 Å². The van der Waals surface area contributed by atoms with Gasteiger partial charge < -0.3 is 25.6 Å². The van der Waals surface area contributed by atoms with Crippen molar-refractivity contribution in [1.82, 2.24) is 20.9 Å². The Hall–Kier alpha value is -1.63. The molecule has 0 amide bonds. The van der Waals surface area contributed by atoms with Gasteiger partial charge >= 0.3 is 0 Å². The first-order valence-corrected chi connectivity index (χ1v) is 11.3. The van der Waals surface area contributed by atoms with Gasteiger partial charge in [0.15, 0.2) is 5.96 Å². The number of nitrogens with one attached hydrogen (secondary N) is 3. The van der Waals surface area contributed by atoms with E-state index in [0.717, 1.165) is 51.6 Å². The first-order valence-electron chi connectivity index (χ1n) is 11.3. The van der Waals surface area contributed by atoms with Crippen molar-refractivity contribution in [2.24, 2.45) is 4.99 Å². The summed E-state index contributed by atoms with van der Waals surface area (Å²) in [6.45, 7) is 9.19. The van der Waals surface area contributed by atoms with Crippen LogP contribution in [0.15, 0.2) is 35.3 Å². The van der Waals surface area contributed by atoms with Crippen LogP contribution < -0.4 is 16.0 Å². The summed E-state index contributed by atoms with van der Waals surface area (Å²) in [5.74, 6) is 0.891. The van der Waals surface area contributed by atoms with Crippen LogP contribution in [-0.2, 0) is 4.74 Å². The molecule has 0 bridgehead atoms. The molecule has 2 fully saturated rings. The van der Waals surface area contributed by atoms with Crippen LogP contribution in [0.2, 0.25) is 0 Å². The summed E-state index contributed by atoms with van der Waals surface area (Å²) >= 11 is 0. The Labute approximate surface area is 176 Å². The molecule has 29 heavy (non-hydrogen) atoms. The van der Waals surface area contributed by atoms with E-state index in [9.17, 15) is 0 Å². The number of ether oxygens (including phenoxy) is 1. The highest BCUT2D eigenvalue weighted by molar-refractivity contribution is 5.79. The minimum absolute atomic E-state index is 0.0119. The summed E-state index contributed by atoms with van der Waals surface area (Å²) in [6.07, 6.45) is 6.06. The van der Waals surface area contributed by atoms with Crippen LogP contribution in [0.4, 0.5) is 0 Å². The van der Waals surface area contributed by atoms with Gasteiger partial charge in [-0.05, 0) is 51.3 Å². The molecule has 6 nitrogen and oxygen atoms in total. The summed E-state index contributed by atoms with van der Waals surface area (Å²) in [7, 11) is 1.85. The van der Waals surface area contributed by atoms with Gasteiger partial charge in [0.25, 0.3) is 0 Å². The average molecular weight is 402 g/mol.